The molecule has 0 radical (unpaired) electrons. The van der Waals surface area contributed by atoms with Crippen molar-refractivity contribution in [3.05, 3.63) is 42.0 Å². The van der Waals surface area contributed by atoms with E-state index in [1.165, 1.54) is 0 Å². The Labute approximate surface area is 178 Å². The predicted octanol–water partition coefficient (Wildman–Crippen LogP) is 2.95. The highest BCUT2D eigenvalue weighted by atomic mass is 16.5. The number of benzene rings is 2. The van der Waals surface area contributed by atoms with Gasteiger partial charge in [-0.05, 0) is 36.3 Å². The summed E-state index contributed by atoms with van der Waals surface area (Å²) in [5.74, 6) is 0.802. The second-order valence-corrected chi connectivity index (χ2v) is 9.08. The van der Waals surface area contributed by atoms with Crippen molar-refractivity contribution >= 4 is 22.6 Å². The normalized spacial score (nSPS) is 19.0. The maximum atomic E-state index is 12.4. The van der Waals surface area contributed by atoms with Crippen LogP contribution in [0.2, 0.25) is 0 Å². The van der Waals surface area contributed by atoms with Crippen molar-refractivity contribution in [2.24, 2.45) is 5.41 Å². The first-order chi connectivity index (χ1) is 14.3. The monoisotopic (exact) mass is 412 g/mol. The van der Waals surface area contributed by atoms with E-state index in [2.05, 4.69) is 22.8 Å². The van der Waals surface area contributed by atoms with Gasteiger partial charge in [0.15, 0.2) is 0 Å². The van der Waals surface area contributed by atoms with Gasteiger partial charge in [0.25, 0.3) is 0 Å². The fourth-order valence-corrected chi connectivity index (χ4v) is 4.05. The molecule has 3 rings (SSSR count). The summed E-state index contributed by atoms with van der Waals surface area (Å²) in [6.07, 6.45) is 2.76. The molecule has 1 atom stereocenters. The number of rotatable bonds is 9. The number of amides is 2. The Bertz CT molecular complexity index is 925. The van der Waals surface area contributed by atoms with Gasteiger partial charge in [0.2, 0.25) is 11.8 Å². The number of carbonyl (C=O) groups excluding carboxylic acids is 2. The van der Waals surface area contributed by atoms with Crippen LogP contribution in [-0.4, -0.2) is 42.7 Å². The first-order valence-corrected chi connectivity index (χ1v) is 10.5. The zero-order valence-corrected chi connectivity index (χ0v) is 18.1. The van der Waals surface area contributed by atoms with Crippen LogP contribution in [-0.2, 0) is 16.0 Å². The van der Waals surface area contributed by atoms with E-state index < -0.39 is 5.54 Å². The van der Waals surface area contributed by atoms with Crippen molar-refractivity contribution in [1.82, 2.24) is 10.6 Å². The van der Waals surface area contributed by atoms with Crippen LogP contribution in [0, 0.1) is 5.41 Å². The summed E-state index contributed by atoms with van der Waals surface area (Å²) in [6, 6.07) is 12.1. The number of fused-ring (bicyclic) bond motifs is 1. The Morgan fingerprint density at radius 1 is 1.23 bits per heavy atom. The number of carbonyl (C=O) groups is 2. The average molecular weight is 413 g/mol. The Morgan fingerprint density at radius 2 is 1.97 bits per heavy atom. The highest BCUT2D eigenvalue weighted by Gasteiger charge is 2.38. The summed E-state index contributed by atoms with van der Waals surface area (Å²) in [4.78, 5) is 24.5. The molecule has 6 heteroatoms. The third-order valence-electron chi connectivity index (χ3n) is 5.98. The number of aliphatic hydroxyl groups excluding tert-OH is 1. The number of hydrogen-bond acceptors (Lipinski definition) is 4. The van der Waals surface area contributed by atoms with E-state index in [9.17, 15) is 14.7 Å². The van der Waals surface area contributed by atoms with Crippen molar-refractivity contribution < 1.29 is 19.4 Å². The van der Waals surface area contributed by atoms with Gasteiger partial charge < -0.3 is 20.5 Å². The molecule has 3 N–H and O–H groups in total. The molecular formula is C24H32N2O4. The van der Waals surface area contributed by atoms with Crippen LogP contribution >= 0.6 is 0 Å². The van der Waals surface area contributed by atoms with Crippen LogP contribution < -0.4 is 15.4 Å². The molecule has 1 heterocycles. The second kappa shape index (κ2) is 9.04. The first kappa shape index (κ1) is 22.1. The zero-order chi connectivity index (χ0) is 21.8. The molecule has 1 aliphatic rings. The summed E-state index contributed by atoms with van der Waals surface area (Å²) in [6.45, 7) is 4.24. The van der Waals surface area contributed by atoms with E-state index in [1.54, 1.807) is 7.11 Å². The lowest BCUT2D eigenvalue weighted by Crippen LogP contribution is -2.45. The van der Waals surface area contributed by atoms with Gasteiger partial charge in [-0.3, -0.25) is 9.59 Å². The van der Waals surface area contributed by atoms with E-state index in [0.29, 0.717) is 38.6 Å². The maximum Gasteiger partial charge on any atom is 0.220 e. The Balaban J connectivity index is 1.76. The van der Waals surface area contributed by atoms with Gasteiger partial charge in [-0.2, -0.15) is 0 Å². The van der Waals surface area contributed by atoms with Crippen molar-refractivity contribution in [1.29, 1.82) is 0 Å². The second-order valence-electron chi connectivity index (χ2n) is 9.08. The molecule has 1 saturated heterocycles. The minimum atomic E-state index is -0.432. The van der Waals surface area contributed by atoms with Gasteiger partial charge in [-0.15, -0.1) is 0 Å². The van der Waals surface area contributed by atoms with E-state index in [0.717, 1.165) is 22.1 Å². The maximum absolute atomic E-state index is 12.4. The van der Waals surface area contributed by atoms with Gasteiger partial charge in [0.05, 0.1) is 7.11 Å². The standard InChI is InChI=1S/C24H32N2O4/c1-23(2,16-27)15-25-21(28)10-12-24(13-11-22(29)26-24)14-17-8-9-20(30-3)19-7-5-4-6-18(17)19/h4-9,27H,10-16H2,1-3H3,(H,25,28)(H,26,29). The van der Waals surface area contributed by atoms with Crippen LogP contribution in [0.4, 0.5) is 0 Å². The largest absolute Gasteiger partial charge is 0.496 e. The molecule has 0 saturated carbocycles. The number of nitrogens with one attached hydrogen (secondary N) is 2. The molecule has 2 amide bonds. The van der Waals surface area contributed by atoms with Gasteiger partial charge in [0.1, 0.15) is 5.75 Å². The average Bonchev–Trinajstić information content (AvgIpc) is 3.12. The molecule has 1 fully saturated rings. The molecule has 2 aromatic carbocycles. The molecule has 1 aliphatic heterocycles. The summed E-state index contributed by atoms with van der Waals surface area (Å²) < 4.78 is 5.50. The zero-order valence-electron chi connectivity index (χ0n) is 18.1. The number of methoxy groups -OCH3 is 1. The lowest BCUT2D eigenvalue weighted by Gasteiger charge is -2.30. The van der Waals surface area contributed by atoms with Crippen LogP contribution in [0.5, 0.6) is 5.75 Å². The van der Waals surface area contributed by atoms with Gasteiger partial charge in [-0.25, -0.2) is 0 Å². The Kier molecular flexibility index (Phi) is 6.66. The van der Waals surface area contributed by atoms with Crippen LogP contribution in [0.3, 0.4) is 0 Å². The van der Waals surface area contributed by atoms with E-state index in [1.807, 2.05) is 38.1 Å². The number of hydrogen-bond donors (Lipinski definition) is 3. The summed E-state index contributed by atoms with van der Waals surface area (Å²) in [5.41, 5.74) is 0.352. The highest BCUT2D eigenvalue weighted by Crippen LogP contribution is 2.34. The number of aliphatic hydroxyl groups is 1. The smallest absolute Gasteiger partial charge is 0.220 e. The van der Waals surface area contributed by atoms with Crippen molar-refractivity contribution in [3.8, 4) is 5.75 Å². The summed E-state index contributed by atoms with van der Waals surface area (Å²) in [5, 5.41) is 17.6. The van der Waals surface area contributed by atoms with Crippen molar-refractivity contribution in [2.75, 3.05) is 20.3 Å². The SMILES string of the molecule is COc1ccc(CC2(CCC(=O)NCC(C)(C)CO)CCC(=O)N2)c2ccccc12. The molecule has 0 aromatic heterocycles. The van der Waals surface area contributed by atoms with Crippen LogP contribution in [0.1, 0.15) is 45.1 Å². The minimum absolute atomic E-state index is 0.0117. The van der Waals surface area contributed by atoms with Crippen molar-refractivity contribution in [2.45, 2.75) is 51.5 Å². The summed E-state index contributed by atoms with van der Waals surface area (Å²) in [7, 11) is 1.66. The topological polar surface area (TPSA) is 87.7 Å². The quantitative estimate of drug-likeness (QED) is 0.591. The lowest BCUT2D eigenvalue weighted by molar-refractivity contribution is -0.123. The molecule has 2 aromatic rings. The van der Waals surface area contributed by atoms with Gasteiger partial charge in [-0.1, -0.05) is 44.2 Å². The molecule has 162 valence electrons. The third kappa shape index (κ3) is 5.11. The van der Waals surface area contributed by atoms with Gasteiger partial charge in [0, 0.05) is 42.3 Å². The third-order valence-corrected chi connectivity index (χ3v) is 5.98. The van der Waals surface area contributed by atoms with Crippen LogP contribution in [0.25, 0.3) is 10.8 Å². The Hall–Kier alpha value is -2.60. The van der Waals surface area contributed by atoms with E-state index >= 15 is 0 Å². The molecular weight excluding hydrogens is 380 g/mol. The molecule has 1 unspecified atom stereocenters. The first-order valence-electron chi connectivity index (χ1n) is 10.5. The highest BCUT2D eigenvalue weighted by molar-refractivity contribution is 5.91. The molecule has 0 spiro atoms. The molecule has 6 nitrogen and oxygen atoms in total. The Morgan fingerprint density at radius 3 is 2.60 bits per heavy atom. The van der Waals surface area contributed by atoms with Crippen molar-refractivity contribution in [3.63, 3.8) is 0 Å². The fourth-order valence-electron chi connectivity index (χ4n) is 4.05. The minimum Gasteiger partial charge on any atom is -0.496 e. The molecule has 0 aliphatic carbocycles. The predicted molar refractivity (Wildman–Crippen MR) is 117 cm³/mol. The van der Waals surface area contributed by atoms with E-state index in [-0.39, 0.29) is 23.8 Å². The van der Waals surface area contributed by atoms with Gasteiger partial charge >= 0.3 is 0 Å². The van der Waals surface area contributed by atoms with E-state index in [4.69, 9.17) is 4.74 Å². The lowest BCUT2D eigenvalue weighted by atomic mass is 9.83. The fraction of sp³-hybridized carbons (Fsp3) is 0.500. The van der Waals surface area contributed by atoms with Crippen LogP contribution in [0.15, 0.2) is 36.4 Å². The summed E-state index contributed by atoms with van der Waals surface area (Å²) >= 11 is 0. The molecule has 0 bridgehead atoms. The molecule has 30 heavy (non-hydrogen) atoms. The number of ether oxygens (including phenoxy) is 1.